The summed E-state index contributed by atoms with van der Waals surface area (Å²) < 4.78 is 0. The van der Waals surface area contributed by atoms with Crippen LogP contribution in [0.1, 0.15) is 18.4 Å². The summed E-state index contributed by atoms with van der Waals surface area (Å²) in [6, 6.07) is 10.7. The first-order valence-corrected chi connectivity index (χ1v) is 6.40. The molecule has 0 bridgehead atoms. The summed E-state index contributed by atoms with van der Waals surface area (Å²) in [6.45, 7) is 2.67. The number of benzene rings is 1. The largest absolute Gasteiger partial charge is 0.365 e. The highest BCUT2D eigenvalue weighted by molar-refractivity contribution is 5.74. The molecule has 0 aliphatic carbocycles. The van der Waals surface area contributed by atoms with Crippen LogP contribution in [0.5, 0.6) is 0 Å². The molecule has 0 saturated carbocycles. The van der Waals surface area contributed by atoms with E-state index >= 15 is 0 Å². The van der Waals surface area contributed by atoms with Crippen molar-refractivity contribution in [2.75, 3.05) is 19.6 Å². The van der Waals surface area contributed by atoms with Gasteiger partial charge in [-0.3, -0.25) is 4.79 Å². The first-order chi connectivity index (χ1) is 8.24. The van der Waals surface area contributed by atoms with Gasteiger partial charge >= 0.3 is 0 Å². The number of piperidine rings is 1. The molecule has 0 radical (unpaired) electrons. The average Bonchev–Trinajstić information content (AvgIpc) is 2.32. The topological polar surface area (TPSA) is 47.5 Å². The van der Waals surface area contributed by atoms with Crippen LogP contribution in [0.3, 0.4) is 0 Å². The van der Waals surface area contributed by atoms with E-state index in [4.69, 9.17) is 5.73 Å². The average molecular weight is 233 g/mol. The van der Waals surface area contributed by atoms with Gasteiger partial charge in [0.05, 0.1) is 13.1 Å². The number of primary amides is 1. The van der Waals surface area contributed by atoms with Gasteiger partial charge in [0.1, 0.15) is 0 Å². The number of carbonyl (C=O) groups is 1. The van der Waals surface area contributed by atoms with Crippen molar-refractivity contribution in [2.45, 2.75) is 19.3 Å². The van der Waals surface area contributed by atoms with Crippen LogP contribution in [-0.2, 0) is 11.2 Å². The van der Waals surface area contributed by atoms with E-state index in [2.05, 4.69) is 30.3 Å². The summed E-state index contributed by atoms with van der Waals surface area (Å²) in [5.41, 5.74) is 6.65. The van der Waals surface area contributed by atoms with Gasteiger partial charge in [0.15, 0.2) is 6.54 Å². The van der Waals surface area contributed by atoms with Crippen molar-refractivity contribution in [1.82, 2.24) is 0 Å². The normalized spacial score (nSPS) is 24.5. The van der Waals surface area contributed by atoms with E-state index < -0.39 is 0 Å². The Balaban J connectivity index is 1.78. The first-order valence-electron chi connectivity index (χ1n) is 6.40. The highest BCUT2D eigenvalue weighted by Crippen LogP contribution is 2.16. The van der Waals surface area contributed by atoms with Crippen LogP contribution in [0.4, 0.5) is 0 Å². The van der Waals surface area contributed by atoms with E-state index in [-0.39, 0.29) is 5.91 Å². The molecule has 0 spiro atoms. The van der Waals surface area contributed by atoms with Crippen LogP contribution < -0.4 is 10.6 Å². The number of carbonyl (C=O) groups excluding carboxylic acids is 1. The molecule has 0 unspecified atom stereocenters. The number of likely N-dealkylation sites (tertiary alicyclic amines) is 1. The fourth-order valence-corrected chi connectivity index (χ4v) is 2.66. The van der Waals surface area contributed by atoms with Gasteiger partial charge in [0, 0.05) is 0 Å². The van der Waals surface area contributed by atoms with E-state index in [0.717, 1.165) is 19.0 Å². The van der Waals surface area contributed by atoms with Crippen molar-refractivity contribution < 1.29 is 9.69 Å². The highest BCUT2D eigenvalue weighted by atomic mass is 16.1. The van der Waals surface area contributed by atoms with Gasteiger partial charge in [-0.1, -0.05) is 30.3 Å². The lowest BCUT2D eigenvalue weighted by atomic mass is 9.90. The number of rotatable bonds is 4. The third-order valence-electron chi connectivity index (χ3n) is 3.60. The maximum absolute atomic E-state index is 10.8. The molecule has 1 aliphatic heterocycles. The standard InChI is InChI=1S/C14H20N2O/c15-14(17)11-16-8-6-13(7-9-16)10-12-4-2-1-3-5-12/h1-5,13H,6-11H2,(H2,15,17)/p+1. The Morgan fingerprint density at radius 3 is 2.47 bits per heavy atom. The van der Waals surface area contributed by atoms with Crippen molar-refractivity contribution >= 4 is 5.91 Å². The quantitative estimate of drug-likeness (QED) is 0.756. The molecule has 92 valence electrons. The Morgan fingerprint density at radius 1 is 1.24 bits per heavy atom. The van der Waals surface area contributed by atoms with Gasteiger partial charge in [-0.25, -0.2) is 0 Å². The van der Waals surface area contributed by atoms with Gasteiger partial charge in [-0.15, -0.1) is 0 Å². The van der Waals surface area contributed by atoms with Crippen LogP contribution in [0, 0.1) is 5.92 Å². The Labute approximate surface area is 103 Å². The lowest BCUT2D eigenvalue weighted by Gasteiger charge is -2.28. The predicted octanol–water partition coefficient (Wildman–Crippen LogP) is 0.00930. The number of hydrogen-bond donors (Lipinski definition) is 2. The Morgan fingerprint density at radius 2 is 1.88 bits per heavy atom. The molecular weight excluding hydrogens is 212 g/mol. The minimum Gasteiger partial charge on any atom is -0.365 e. The summed E-state index contributed by atoms with van der Waals surface area (Å²) in [4.78, 5) is 12.2. The fourth-order valence-electron chi connectivity index (χ4n) is 2.66. The van der Waals surface area contributed by atoms with Gasteiger partial charge < -0.3 is 10.6 Å². The third-order valence-corrected chi connectivity index (χ3v) is 3.60. The predicted molar refractivity (Wildman–Crippen MR) is 67.6 cm³/mol. The van der Waals surface area contributed by atoms with E-state index in [1.165, 1.54) is 29.7 Å². The minimum absolute atomic E-state index is 0.179. The molecule has 1 aromatic carbocycles. The summed E-state index contributed by atoms with van der Waals surface area (Å²) in [5.74, 6) is 0.593. The highest BCUT2D eigenvalue weighted by Gasteiger charge is 2.23. The second-order valence-corrected chi connectivity index (χ2v) is 5.03. The maximum atomic E-state index is 10.8. The van der Waals surface area contributed by atoms with Crippen molar-refractivity contribution in [3.05, 3.63) is 35.9 Å². The number of quaternary nitrogens is 1. The first kappa shape index (κ1) is 12.1. The molecule has 1 aromatic rings. The summed E-state index contributed by atoms with van der Waals surface area (Å²) in [7, 11) is 0. The number of amides is 1. The molecule has 3 nitrogen and oxygen atoms in total. The van der Waals surface area contributed by atoms with E-state index in [1.54, 1.807) is 0 Å². The van der Waals surface area contributed by atoms with Gasteiger partial charge in [-0.05, 0) is 30.7 Å². The molecule has 1 fully saturated rings. The Hall–Kier alpha value is -1.35. The van der Waals surface area contributed by atoms with Crippen molar-refractivity contribution in [3.8, 4) is 0 Å². The van der Waals surface area contributed by atoms with Crippen LogP contribution in [0.15, 0.2) is 30.3 Å². The summed E-state index contributed by atoms with van der Waals surface area (Å²) in [6.07, 6.45) is 3.58. The van der Waals surface area contributed by atoms with Gasteiger partial charge in [-0.2, -0.15) is 0 Å². The van der Waals surface area contributed by atoms with Crippen LogP contribution >= 0.6 is 0 Å². The monoisotopic (exact) mass is 233 g/mol. The van der Waals surface area contributed by atoms with Crippen LogP contribution in [-0.4, -0.2) is 25.5 Å². The van der Waals surface area contributed by atoms with Crippen molar-refractivity contribution in [1.29, 1.82) is 0 Å². The zero-order valence-corrected chi connectivity index (χ0v) is 10.2. The zero-order valence-electron chi connectivity index (χ0n) is 10.2. The molecule has 0 atom stereocenters. The van der Waals surface area contributed by atoms with Crippen LogP contribution in [0.25, 0.3) is 0 Å². The number of nitrogens with two attached hydrogens (primary N) is 1. The summed E-state index contributed by atoms with van der Waals surface area (Å²) in [5, 5.41) is 0. The molecule has 0 aromatic heterocycles. The maximum Gasteiger partial charge on any atom is 0.272 e. The fraction of sp³-hybridized carbons (Fsp3) is 0.500. The number of hydrogen-bond acceptors (Lipinski definition) is 1. The van der Waals surface area contributed by atoms with E-state index in [0.29, 0.717) is 6.54 Å². The SMILES string of the molecule is NC(=O)C[NH+]1CCC(Cc2ccccc2)CC1. The van der Waals surface area contributed by atoms with E-state index in [1.807, 2.05) is 0 Å². The molecule has 2 rings (SSSR count). The van der Waals surface area contributed by atoms with Crippen molar-refractivity contribution in [2.24, 2.45) is 11.7 Å². The van der Waals surface area contributed by atoms with Gasteiger partial charge in [0.25, 0.3) is 5.91 Å². The molecule has 1 heterocycles. The molecule has 3 N–H and O–H groups in total. The second kappa shape index (κ2) is 5.82. The minimum atomic E-state index is -0.179. The molecule has 1 saturated heterocycles. The van der Waals surface area contributed by atoms with Crippen LogP contribution in [0.2, 0.25) is 0 Å². The zero-order chi connectivity index (χ0) is 12.1. The lowest BCUT2D eigenvalue weighted by Crippen LogP contribution is -3.14. The smallest absolute Gasteiger partial charge is 0.272 e. The molecule has 3 heteroatoms. The lowest BCUT2D eigenvalue weighted by molar-refractivity contribution is -0.898. The van der Waals surface area contributed by atoms with Crippen molar-refractivity contribution in [3.63, 3.8) is 0 Å². The number of nitrogens with one attached hydrogen (secondary N) is 1. The Kier molecular flexibility index (Phi) is 4.15. The van der Waals surface area contributed by atoms with Gasteiger partial charge in [0.2, 0.25) is 0 Å². The molecule has 1 aliphatic rings. The summed E-state index contributed by atoms with van der Waals surface area (Å²) >= 11 is 0. The Bertz CT molecular complexity index is 356. The molecule has 1 amide bonds. The van der Waals surface area contributed by atoms with E-state index in [9.17, 15) is 4.79 Å². The molecule has 17 heavy (non-hydrogen) atoms. The third kappa shape index (κ3) is 3.86. The molecular formula is C14H21N2O+. The second-order valence-electron chi connectivity index (χ2n) is 5.03.